The van der Waals surface area contributed by atoms with E-state index in [1.165, 1.54) is 23.1 Å². The number of carbonyl (C=O) groups excluding carboxylic acids is 2. The average molecular weight is 411 g/mol. The molecule has 8 heteroatoms. The molecule has 7 nitrogen and oxygen atoms in total. The van der Waals surface area contributed by atoms with Crippen molar-refractivity contribution in [3.05, 3.63) is 89.6 Å². The molecule has 30 heavy (non-hydrogen) atoms. The number of hydrazine groups is 1. The van der Waals surface area contributed by atoms with Crippen molar-refractivity contribution in [1.29, 1.82) is 0 Å². The zero-order chi connectivity index (χ0) is 21.3. The number of furan rings is 1. The SMILES string of the molecule is CCN(Cc1cccc(F)c1)C(=O)NNC(=O)c1ccc(COc2ccccc2)o1. The van der Waals surface area contributed by atoms with E-state index in [4.69, 9.17) is 9.15 Å². The number of urea groups is 1. The van der Waals surface area contributed by atoms with Gasteiger partial charge in [0.1, 0.15) is 23.9 Å². The summed E-state index contributed by atoms with van der Waals surface area (Å²) in [5.41, 5.74) is 5.29. The van der Waals surface area contributed by atoms with E-state index in [1.807, 2.05) is 30.3 Å². The Kier molecular flexibility index (Phi) is 7.05. The van der Waals surface area contributed by atoms with Gasteiger partial charge >= 0.3 is 11.9 Å². The lowest BCUT2D eigenvalue weighted by molar-refractivity contribution is 0.0898. The number of nitrogens with one attached hydrogen (secondary N) is 2. The summed E-state index contributed by atoms with van der Waals surface area (Å²) in [6, 6.07) is 17.8. The first-order valence-electron chi connectivity index (χ1n) is 9.41. The van der Waals surface area contributed by atoms with Gasteiger partial charge in [0.05, 0.1) is 0 Å². The third-order valence-electron chi connectivity index (χ3n) is 4.22. The van der Waals surface area contributed by atoms with Gasteiger partial charge in [-0.1, -0.05) is 30.3 Å². The van der Waals surface area contributed by atoms with Crippen molar-refractivity contribution in [2.75, 3.05) is 6.54 Å². The van der Waals surface area contributed by atoms with Crippen molar-refractivity contribution >= 4 is 11.9 Å². The van der Waals surface area contributed by atoms with Gasteiger partial charge in [-0.25, -0.2) is 14.6 Å². The first kappa shape index (κ1) is 20.9. The summed E-state index contributed by atoms with van der Waals surface area (Å²) in [7, 11) is 0. The molecule has 3 rings (SSSR count). The summed E-state index contributed by atoms with van der Waals surface area (Å²) in [6.07, 6.45) is 0. The maximum Gasteiger partial charge on any atom is 0.336 e. The Bertz CT molecular complexity index is 991. The smallest absolute Gasteiger partial charge is 0.336 e. The molecule has 156 valence electrons. The molecule has 0 aliphatic rings. The van der Waals surface area contributed by atoms with Crippen molar-refractivity contribution in [1.82, 2.24) is 15.8 Å². The number of carbonyl (C=O) groups is 2. The Labute approximate surface area is 173 Å². The predicted molar refractivity (Wildman–Crippen MR) is 108 cm³/mol. The monoisotopic (exact) mass is 411 g/mol. The maximum absolute atomic E-state index is 13.3. The van der Waals surface area contributed by atoms with Crippen LogP contribution in [-0.4, -0.2) is 23.4 Å². The van der Waals surface area contributed by atoms with Gasteiger partial charge in [-0.2, -0.15) is 0 Å². The number of para-hydroxylation sites is 1. The van der Waals surface area contributed by atoms with Crippen molar-refractivity contribution in [2.24, 2.45) is 0 Å². The highest BCUT2D eigenvalue weighted by atomic mass is 19.1. The summed E-state index contributed by atoms with van der Waals surface area (Å²) in [5, 5.41) is 0. The van der Waals surface area contributed by atoms with Gasteiger partial charge in [0.15, 0.2) is 5.76 Å². The molecular weight excluding hydrogens is 389 g/mol. The Hall–Kier alpha value is -3.81. The Balaban J connectivity index is 1.49. The van der Waals surface area contributed by atoms with Crippen molar-refractivity contribution in [3.63, 3.8) is 0 Å². The van der Waals surface area contributed by atoms with Gasteiger partial charge in [-0.15, -0.1) is 0 Å². The molecule has 1 heterocycles. The number of hydrogen-bond acceptors (Lipinski definition) is 4. The fourth-order valence-corrected chi connectivity index (χ4v) is 2.68. The molecule has 0 atom stereocenters. The molecule has 0 unspecified atom stereocenters. The lowest BCUT2D eigenvalue weighted by Crippen LogP contribution is -2.48. The van der Waals surface area contributed by atoms with Crippen molar-refractivity contribution in [2.45, 2.75) is 20.1 Å². The standard InChI is InChI=1S/C22H22FN3O4/c1-2-26(14-16-7-6-8-17(23)13-16)22(28)25-24-21(27)20-12-11-19(30-20)15-29-18-9-4-3-5-10-18/h3-13H,2,14-15H2,1H3,(H,24,27)(H,25,28). The zero-order valence-electron chi connectivity index (χ0n) is 16.4. The summed E-state index contributed by atoms with van der Waals surface area (Å²) < 4.78 is 24.3. The number of ether oxygens (including phenoxy) is 1. The van der Waals surface area contributed by atoms with Gasteiger partial charge < -0.3 is 14.1 Å². The minimum atomic E-state index is -0.601. The highest BCUT2D eigenvalue weighted by molar-refractivity contribution is 5.92. The van der Waals surface area contributed by atoms with E-state index in [0.717, 1.165) is 0 Å². The Morgan fingerprint density at radius 1 is 1.03 bits per heavy atom. The second-order valence-corrected chi connectivity index (χ2v) is 6.40. The number of nitrogens with zero attached hydrogens (tertiary/aromatic N) is 1. The van der Waals surface area contributed by atoms with Gasteiger partial charge in [0.2, 0.25) is 0 Å². The van der Waals surface area contributed by atoms with Crippen LogP contribution < -0.4 is 15.6 Å². The molecule has 0 aliphatic carbocycles. The van der Waals surface area contributed by atoms with E-state index in [9.17, 15) is 14.0 Å². The number of amides is 3. The third kappa shape index (κ3) is 5.84. The number of hydrogen-bond donors (Lipinski definition) is 2. The normalized spacial score (nSPS) is 10.3. The van der Waals surface area contributed by atoms with Gasteiger partial charge in [-0.05, 0) is 48.9 Å². The molecule has 2 N–H and O–H groups in total. The third-order valence-corrected chi connectivity index (χ3v) is 4.22. The van der Waals surface area contributed by atoms with Crippen LogP contribution in [0.25, 0.3) is 0 Å². The molecule has 0 fully saturated rings. The molecule has 0 bridgehead atoms. The van der Waals surface area contributed by atoms with Crippen LogP contribution in [0.2, 0.25) is 0 Å². The fraction of sp³-hybridized carbons (Fsp3) is 0.182. The van der Waals surface area contributed by atoms with E-state index in [0.29, 0.717) is 23.6 Å². The molecule has 0 radical (unpaired) electrons. The highest BCUT2D eigenvalue weighted by Gasteiger charge is 2.16. The first-order chi connectivity index (χ1) is 14.5. The van der Waals surface area contributed by atoms with Crippen LogP contribution in [0.4, 0.5) is 9.18 Å². The number of rotatable bonds is 7. The van der Waals surface area contributed by atoms with Gasteiger partial charge in [-0.3, -0.25) is 10.2 Å². The largest absolute Gasteiger partial charge is 0.486 e. The molecule has 3 amide bonds. The van der Waals surface area contributed by atoms with E-state index >= 15 is 0 Å². The van der Waals surface area contributed by atoms with Crippen LogP contribution in [0.1, 0.15) is 28.8 Å². The molecule has 0 aliphatic heterocycles. The Morgan fingerprint density at radius 3 is 2.57 bits per heavy atom. The molecule has 0 spiro atoms. The van der Waals surface area contributed by atoms with Crippen LogP contribution in [0.15, 0.2) is 71.1 Å². The number of benzene rings is 2. The fourth-order valence-electron chi connectivity index (χ4n) is 2.68. The molecule has 3 aromatic rings. The molecule has 0 saturated carbocycles. The van der Waals surface area contributed by atoms with Crippen LogP contribution in [0, 0.1) is 5.82 Å². The van der Waals surface area contributed by atoms with Crippen LogP contribution >= 0.6 is 0 Å². The van der Waals surface area contributed by atoms with Gasteiger partial charge in [0.25, 0.3) is 0 Å². The molecule has 2 aromatic carbocycles. The summed E-state index contributed by atoms with van der Waals surface area (Å²) in [5.74, 6) is 0.218. The second kappa shape index (κ2) is 10.1. The topological polar surface area (TPSA) is 83.8 Å². The molecule has 1 aromatic heterocycles. The molecular formula is C22H22FN3O4. The van der Waals surface area contributed by atoms with E-state index < -0.39 is 11.9 Å². The summed E-state index contributed by atoms with van der Waals surface area (Å²) in [4.78, 5) is 26.0. The minimum Gasteiger partial charge on any atom is -0.486 e. The lowest BCUT2D eigenvalue weighted by Gasteiger charge is -2.21. The number of halogens is 1. The minimum absolute atomic E-state index is 0.0372. The van der Waals surface area contributed by atoms with Gasteiger partial charge in [0, 0.05) is 13.1 Å². The van der Waals surface area contributed by atoms with Crippen LogP contribution in [0.5, 0.6) is 5.75 Å². The van der Waals surface area contributed by atoms with Crippen LogP contribution in [0.3, 0.4) is 0 Å². The second-order valence-electron chi connectivity index (χ2n) is 6.40. The average Bonchev–Trinajstić information content (AvgIpc) is 3.24. The van der Waals surface area contributed by atoms with E-state index in [1.54, 1.807) is 25.1 Å². The lowest BCUT2D eigenvalue weighted by atomic mass is 10.2. The van der Waals surface area contributed by atoms with Crippen LogP contribution in [-0.2, 0) is 13.2 Å². The first-order valence-corrected chi connectivity index (χ1v) is 9.41. The highest BCUT2D eigenvalue weighted by Crippen LogP contribution is 2.14. The quantitative estimate of drug-likeness (QED) is 0.578. The zero-order valence-corrected chi connectivity index (χ0v) is 16.4. The maximum atomic E-state index is 13.3. The van der Waals surface area contributed by atoms with E-state index in [2.05, 4.69) is 10.9 Å². The van der Waals surface area contributed by atoms with E-state index in [-0.39, 0.29) is 24.7 Å². The summed E-state index contributed by atoms with van der Waals surface area (Å²) in [6.45, 7) is 2.53. The Morgan fingerprint density at radius 2 is 1.83 bits per heavy atom. The summed E-state index contributed by atoms with van der Waals surface area (Å²) >= 11 is 0. The predicted octanol–water partition coefficient (Wildman–Crippen LogP) is 3.87. The molecule has 0 saturated heterocycles. The van der Waals surface area contributed by atoms with Crippen molar-refractivity contribution < 1.29 is 23.1 Å². The van der Waals surface area contributed by atoms with Crippen molar-refractivity contribution in [3.8, 4) is 5.75 Å².